The molecule has 0 saturated heterocycles. The van der Waals surface area contributed by atoms with Crippen LogP contribution in [0.4, 0.5) is 0 Å². The van der Waals surface area contributed by atoms with Gasteiger partial charge < -0.3 is 14.4 Å². The van der Waals surface area contributed by atoms with Crippen molar-refractivity contribution in [3.63, 3.8) is 0 Å². The van der Waals surface area contributed by atoms with E-state index < -0.39 is 26.5 Å². The van der Waals surface area contributed by atoms with Crippen LogP contribution in [0.5, 0.6) is 0 Å². The molecule has 9 heteroatoms. The van der Waals surface area contributed by atoms with E-state index in [1.54, 1.807) is 0 Å². The number of carbonyl (C=O) groups excluding carboxylic acids is 2. The highest BCUT2D eigenvalue weighted by atomic mass is 31.2. The summed E-state index contributed by atoms with van der Waals surface area (Å²) in [5.41, 5.74) is 0. The van der Waals surface area contributed by atoms with Crippen molar-refractivity contribution in [3.05, 3.63) is 36.5 Å². The molecule has 2 atom stereocenters. The van der Waals surface area contributed by atoms with Gasteiger partial charge in [0.2, 0.25) is 0 Å². The van der Waals surface area contributed by atoms with Gasteiger partial charge in [0, 0.05) is 20.0 Å². The van der Waals surface area contributed by atoms with E-state index in [4.69, 9.17) is 14.0 Å². The van der Waals surface area contributed by atoms with Crippen LogP contribution in [0.2, 0.25) is 0 Å². The van der Waals surface area contributed by atoms with Crippen molar-refractivity contribution in [2.75, 3.05) is 20.3 Å². The van der Waals surface area contributed by atoms with Gasteiger partial charge in [-0.3, -0.25) is 18.6 Å². The zero-order chi connectivity index (χ0) is 39.6. The summed E-state index contributed by atoms with van der Waals surface area (Å²) in [4.78, 5) is 34.5. The van der Waals surface area contributed by atoms with Gasteiger partial charge >= 0.3 is 19.8 Å². The van der Waals surface area contributed by atoms with E-state index in [2.05, 4.69) is 54.8 Å². The normalized spacial score (nSPS) is 13.6. The first-order valence-electron chi connectivity index (χ1n) is 22.2. The number of esters is 2. The van der Waals surface area contributed by atoms with Crippen molar-refractivity contribution < 1.29 is 37.6 Å². The van der Waals surface area contributed by atoms with Gasteiger partial charge in [-0.25, -0.2) is 4.57 Å². The Morgan fingerprint density at radius 1 is 0.519 bits per heavy atom. The number of phosphoric acid groups is 1. The second kappa shape index (κ2) is 40.9. The molecule has 1 N–H and O–H groups in total. The van der Waals surface area contributed by atoms with Crippen LogP contribution < -0.4 is 0 Å². The highest BCUT2D eigenvalue weighted by Gasteiger charge is 2.24. The van der Waals surface area contributed by atoms with Crippen LogP contribution in [0, 0.1) is 0 Å². The monoisotopic (exact) mass is 783 g/mol. The zero-order valence-electron chi connectivity index (χ0n) is 35.1. The van der Waals surface area contributed by atoms with Crippen molar-refractivity contribution >= 4 is 19.8 Å². The molecular weight excluding hydrogens is 699 g/mol. The molecule has 0 fully saturated rings. The maximum atomic E-state index is 12.5. The maximum absolute atomic E-state index is 12.5. The molecule has 0 heterocycles. The third kappa shape index (κ3) is 39.9. The highest BCUT2D eigenvalue weighted by molar-refractivity contribution is 7.47. The van der Waals surface area contributed by atoms with Crippen LogP contribution in [-0.2, 0) is 32.7 Å². The number of allylic oxidation sites excluding steroid dienone is 6. The minimum atomic E-state index is -4.26. The Bertz CT molecular complexity index is 979. The summed E-state index contributed by atoms with van der Waals surface area (Å²) in [6.45, 7) is 3.87. The Hall–Kier alpha value is -1.73. The fraction of sp³-hybridized carbons (Fsp3) is 0.822. The van der Waals surface area contributed by atoms with E-state index in [0.29, 0.717) is 6.42 Å². The minimum absolute atomic E-state index is 0.230. The van der Waals surface area contributed by atoms with E-state index in [0.717, 1.165) is 71.3 Å². The Morgan fingerprint density at radius 3 is 1.31 bits per heavy atom. The van der Waals surface area contributed by atoms with Crippen LogP contribution in [0.3, 0.4) is 0 Å². The molecule has 0 bridgehead atoms. The summed E-state index contributed by atoms with van der Waals surface area (Å²) in [6.07, 6.45) is 47.7. The molecule has 316 valence electrons. The topological polar surface area (TPSA) is 108 Å². The van der Waals surface area contributed by atoms with Gasteiger partial charge in [-0.1, -0.05) is 166 Å². The molecule has 0 amide bonds. The van der Waals surface area contributed by atoms with Gasteiger partial charge in [0.1, 0.15) is 6.61 Å². The lowest BCUT2D eigenvalue weighted by Crippen LogP contribution is -2.29. The van der Waals surface area contributed by atoms with Crippen LogP contribution in [0.1, 0.15) is 213 Å². The average molecular weight is 783 g/mol. The summed E-state index contributed by atoms with van der Waals surface area (Å²) in [5.74, 6) is -0.815. The van der Waals surface area contributed by atoms with Crippen molar-refractivity contribution in [3.8, 4) is 0 Å². The van der Waals surface area contributed by atoms with Gasteiger partial charge in [0.05, 0.1) is 6.61 Å². The molecule has 54 heavy (non-hydrogen) atoms. The summed E-state index contributed by atoms with van der Waals surface area (Å²) >= 11 is 0. The molecule has 0 radical (unpaired) electrons. The number of carbonyl (C=O) groups is 2. The largest absolute Gasteiger partial charge is 0.472 e. The lowest BCUT2D eigenvalue weighted by atomic mass is 10.1. The van der Waals surface area contributed by atoms with Gasteiger partial charge in [-0.05, 0) is 70.6 Å². The second-order valence-electron chi connectivity index (χ2n) is 14.8. The third-order valence-electron chi connectivity index (χ3n) is 9.61. The molecule has 2 unspecified atom stereocenters. The lowest BCUT2D eigenvalue weighted by molar-refractivity contribution is -0.161. The molecule has 8 nitrogen and oxygen atoms in total. The van der Waals surface area contributed by atoms with Gasteiger partial charge in [0.15, 0.2) is 6.10 Å². The van der Waals surface area contributed by atoms with E-state index in [-0.39, 0.29) is 25.4 Å². The Morgan fingerprint density at radius 2 is 0.889 bits per heavy atom. The quantitative estimate of drug-likeness (QED) is 0.0283. The van der Waals surface area contributed by atoms with Crippen molar-refractivity contribution in [2.24, 2.45) is 0 Å². The van der Waals surface area contributed by atoms with Gasteiger partial charge in [0.25, 0.3) is 0 Å². The Kier molecular flexibility index (Phi) is 39.6. The predicted molar refractivity (Wildman–Crippen MR) is 226 cm³/mol. The number of hydrogen-bond donors (Lipinski definition) is 1. The molecule has 0 saturated carbocycles. The van der Waals surface area contributed by atoms with Crippen molar-refractivity contribution in [2.45, 2.75) is 219 Å². The summed E-state index contributed by atoms with van der Waals surface area (Å²) in [7, 11) is -3.20. The molecule has 0 aliphatic carbocycles. The summed E-state index contributed by atoms with van der Waals surface area (Å²) in [5, 5.41) is 0. The standard InChI is InChI=1S/C45H83O8P/c1-4-6-8-10-12-14-16-18-20-21-22-23-24-25-26-28-30-32-34-36-38-40-45(47)53-43(42-52-54(48,49)50-3)41-51-44(46)39-37-35-33-31-29-27-19-17-15-13-11-9-7-5-2/h16-19,21-22,43H,4-15,20,23-42H2,1-3H3,(H,48,49)/b18-16-,19-17-,22-21-. The van der Waals surface area contributed by atoms with Crippen molar-refractivity contribution in [1.29, 1.82) is 0 Å². The van der Waals surface area contributed by atoms with E-state index in [1.165, 1.54) is 116 Å². The van der Waals surface area contributed by atoms with Gasteiger partial charge in [-0.15, -0.1) is 0 Å². The summed E-state index contributed by atoms with van der Waals surface area (Å²) in [6, 6.07) is 0. The summed E-state index contributed by atoms with van der Waals surface area (Å²) < 4.78 is 32.0. The molecule has 0 spiro atoms. The van der Waals surface area contributed by atoms with E-state index >= 15 is 0 Å². The molecular formula is C45H83O8P. The first-order chi connectivity index (χ1) is 26.3. The van der Waals surface area contributed by atoms with Crippen LogP contribution in [0.25, 0.3) is 0 Å². The van der Waals surface area contributed by atoms with Gasteiger partial charge in [-0.2, -0.15) is 0 Å². The molecule has 0 aliphatic heterocycles. The lowest BCUT2D eigenvalue weighted by Gasteiger charge is -2.19. The molecule has 0 aromatic heterocycles. The molecule has 0 rings (SSSR count). The number of ether oxygens (including phenoxy) is 2. The van der Waals surface area contributed by atoms with Crippen molar-refractivity contribution in [1.82, 2.24) is 0 Å². The SMILES string of the molecule is CCCCCCC/C=C\C/C=C\CCCCCCCCCCCC(=O)OC(COC(=O)CCCCCCC/C=C\CCCCCCC)COP(=O)(O)OC. The van der Waals surface area contributed by atoms with Crippen LogP contribution >= 0.6 is 7.82 Å². The molecule has 0 aliphatic rings. The Balaban J connectivity index is 3.98. The fourth-order valence-corrected chi connectivity index (χ4v) is 6.61. The first kappa shape index (κ1) is 52.3. The highest BCUT2D eigenvalue weighted by Crippen LogP contribution is 2.42. The number of unbranched alkanes of at least 4 members (excludes halogenated alkanes) is 24. The van der Waals surface area contributed by atoms with E-state index in [1.807, 2.05) is 0 Å². The average Bonchev–Trinajstić information content (AvgIpc) is 3.16. The first-order valence-corrected chi connectivity index (χ1v) is 23.7. The number of phosphoric ester groups is 1. The minimum Gasteiger partial charge on any atom is -0.462 e. The number of hydrogen-bond acceptors (Lipinski definition) is 7. The van der Waals surface area contributed by atoms with Crippen LogP contribution in [0.15, 0.2) is 36.5 Å². The zero-order valence-corrected chi connectivity index (χ0v) is 36.0. The maximum Gasteiger partial charge on any atom is 0.472 e. The smallest absolute Gasteiger partial charge is 0.462 e. The third-order valence-corrected chi connectivity index (χ3v) is 10.5. The predicted octanol–water partition coefficient (Wildman–Crippen LogP) is 14.0. The molecule has 0 aromatic carbocycles. The van der Waals surface area contributed by atoms with E-state index in [9.17, 15) is 19.0 Å². The molecule has 0 aromatic rings. The number of rotatable bonds is 41. The second-order valence-corrected chi connectivity index (χ2v) is 16.4. The van der Waals surface area contributed by atoms with Crippen LogP contribution in [-0.4, -0.2) is 43.3 Å². The fourth-order valence-electron chi connectivity index (χ4n) is 6.15. The Labute approximate surface area is 332 Å².